The minimum absolute atomic E-state index is 0.0498. The average molecular weight is 272 g/mol. The van der Waals surface area contributed by atoms with Crippen LogP contribution in [0.1, 0.15) is 28.4 Å². The van der Waals surface area contributed by atoms with Crippen LogP contribution in [0.15, 0.2) is 41.4 Å². The zero-order valence-electron chi connectivity index (χ0n) is 11.7. The predicted molar refractivity (Wildman–Crippen MR) is 82.5 cm³/mol. The molecule has 0 aliphatic carbocycles. The quantitative estimate of drug-likeness (QED) is 0.860. The fraction of sp³-hybridized carbons (Fsp3) is 0.312. The number of pyridine rings is 1. The maximum atomic E-state index is 6.27. The van der Waals surface area contributed by atoms with E-state index in [1.165, 1.54) is 16.7 Å². The fourth-order valence-corrected chi connectivity index (χ4v) is 3.15. The number of hydrogen-bond donors (Lipinski definition) is 1. The molecule has 2 nitrogen and oxygen atoms in total. The molecule has 1 aromatic heterocycles. The van der Waals surface area contributed by atoms with Crippen molar-refractivity contribution in [3.63, 3.8) is 0 Å². The summed E-state index contributed by atoms with van der Waals surface area (Å²) in [5, 5.41) is 1.06. The van der Waals surface area contributed by atoms with E-state index < -0.39 is 0 Å². The van der Waals surface area contributed by atoms with E-state index >= 15 is 0 Å². The van der Waals surface area contributed by atoms with Gasteiger partial charge in [0, 0.05) is 17.5 Å². The van der Waals surface area contributed by atoms with Crippen LogP contribution in [0, 0.1) is 20.8 Å². The fourth-order valence-electron chi connectivity index (χ4n) is 2.15. The van der Waals surface area contributed by atoms with Crippen molar-refractivity contribution >= 4 is 11.8 Å². The second kappa shape index (κ2) is 6.22. The number of nitrogens with two attached hydrogens (primary N) is 1. The molecule has 0 radical (unpaired) electrons. The van der Waals surface area contributed by atoms with Crippen molar-refractivity contribution in [3.05, 3.63) is 58.8 Å². The first-order chi connectivity index (χ1) is 9.06. The van der Waals surface area contributed by atoms with Gasteiger partial charge in [-0.2, -0.15) is 0 Å². The Morgan fingerprint density at radius 1 is 1.16 bits per heavy atom. The monoisotopic (exact) mass is 272 g/mol. The van der Waals surface area contributed by atoms with E-state index in [1.54, 1.807) is 11.8 Å². The summed E-state index contributed by atoms with van der Waals surface area (Å²) in [4.78, 5) is 4.53. The maximum absolute atomic E-state index is 6.27. The van der Waals surface area contributed by atoms with Crippen molar-refractivity contribution in [1.82, 2.24) is 4.98 Å². The van der Waals surface area contributed by atoms with Crippen LogP contribution in [0.5, 0.6) is 0 Å². The minimum Gasteiger partial charge on any atom is -0.323 e. The number of nitrogens with zero attached hydrogens (tertiary/aromatic N) is 1. The zero-order valence-corrected chi connectivity index (χ0v) is 12.5. The Labute approximate surface area is 119 Å². The van der Waals surface area contributed by atoms with Gasteiger partial charge in [-0.3, -0.25) is 0 Å². The Morgan fingerprint density at radius 3 is 2.58 bits per heavy atom. The van der Waals surface area contributed by atoms with E-state index in [2.05, 4.69) is 43.1 Å². The van der Waals surface area contributed by atoms with Crippen LogP contribution in [0.4, 0.5) is 0 Å². The van der Waals surface area contributed by atoms with Crippen LogP contribution in [-0.2, 0) is 0 Å². The molecule has 0 fully saturated rings. The molecule has 2 N–H and O–H groups in total. The van der Waals surface area contributed by atoms with Crippen LogP contribution in [0.3, 0.4) is 0 Å². The van der Waals surface area contributed by atoms with Gasteiger partial charge in [0.1, 0.15) is 0 Å². The number of benzene rings is 1. The Hall–Kier alpha value is -1.32. The third-order valence-electron chi connectivity index (χ3n) is 3.07. The van der Waals surface area contributed by atoms with Crippen LogP contribution in [0.25, 0.3) is 0 Å². The zero-order chi connectivity index (χ0) is 13.8. The summed E-state index contributed by atoms with van der Waals surface area (Å²) < 4.78 is 0. The number of hydrogen-bond acceptors (Lipinski definition) is 3. The van der Waals surface area contributed by atoms with Gasteiger partial charge >= 0.3 is 0 Å². The van der Waals surface area contributed by atoms with Gasteiger partial charge in [0.25, 0.3) is 0 Å². The molecule has 0 saturated carbocycles. The van der Waals surface area contributed by atoms with E-state index in [-0.39, 0.29) is 6.04 Å². The summed E-state index contributed by atoms with van der Waals surface area (Å²) in [6.45, 7) is 6.23. The van der Waals surface area contributed by atoms with Gasteiger partial charge in [0.05, 0.1) is 5.03 Å². The predicted octanol–water partition coefficient (Wildman–Crippen LogP) is 3.80. The first-order valence-corrected chi connectivity index (χ1v) is 7.44. The number of rotatable bonds is 4. The van der Waals surface area contributed by atoms with Gasteiger partial charge in [-0.1, -0.05) is 24.3 Å². The molecule has 1 unspecified atom stereocenters. The standard InChI is InChI=1S/C16H20N2S/c1-11-8-13(3)18-16(9-11)19-10-15(17)14-7-5-4-6-12(14)2/h4-9,15H,10,17H2,1-3H3. The third kappa shape index (κ3) is 3.82. The molecule has 0 aliphatic rings. The number of thioether (sulfide) groups is 1. The molecule has 0 spiro atoms. The highest BCUT2D eigenvalue weighted by atomic mass is 32.2. The molecule has 2 rings (SSSR count). The Morgan fingerprint density at radius 2 is 1.89 bits per heavy atom. The van der Waals surface area contributed by atoms with Crippen molar-refractivity contribution in [2.75, 3.05) is 5.75 Å². The Kier molecular flexibility index (Phi) is 4.61. The second-order valence-electron chi connectivity index (χ2n) is 4.90. The Balaban J connectivity index is 2.04. The molecule has 100 valence electrons. The number of aromatic nitrogens is 1. The highest BCUT2D eigenvalue weighted by molar-refractivity contribution is 7.99. The van der Waals surface area contributed by atoms with E-state index in [9.17, 15) is 0 Å². The lowest BCUT2D eigenvalue weighted by Gasteiger charge is -2.14. The van der Waals surface area contributed by atoms with Crippen LogP contribution in [-0.4, -0.2) is 10.7 Å². The van der Waals surface area contributed by atoms with Crippen molar-refractivity contribution in [2.45, 2.75) is 31.8 Å². The molecule has 2 aromatic rings. The van der Waals surface area contributed by atoms with E-state index in [0.29, 0.717) is 0 Å². The van der Waals surface area contributed by atoms with E-state index in [0.717, 1.165) is 16.5 Å². The van der Waals surface area contributed by atoms with E-state index in [1.807, 2.05) is 19.1 Å². The van der Waals surface area contributed by atoms with Crippen molar-refractivity contribution < 1.29 is 0 Å². The van der Waals surface area contributed by atoms with E-state index in [4.69, 9.17) is 5.73 Å². The van der Waals surface area contributed by atoms with Gasteiger partial charge in [-0.05, 0) is 49.6 Å². The second-order valence-corrected chi connectivity index (χ2v) is 5.94. The highest BCUT2D eigenvalue weighted by Crippen LogP contribution is 2.24. The molecular formula is C16H20N2S. The first-order valence-electron chi connectivity index (χ1n) is 6.45. The first kappa shape index (κ1) is 14.1. The van der Waals surface area contributed by atoms with Gasteiger partial charge < -0.3 is 5.73 Å². The smallest absolute Gasteiger partial charge is 0.0966 e. The van der Waals surface area contributed by atoms with Crippen LogP contribution < -0.4 is 5.73 Å². The molecular weight excluding hydrogens is 252 g/mol. The molecule has 1 aromatic carbocycles. The molecule has 0 aliphatic heterocycles. The highest BCUT2D eigenvalue weighted by Gasteiger charge is 2.09. The summed E-state index contributed by atoms with van der Waals surface area (Å²) in [5.74, 6) is 0.848. The molecule has 1 heterocycles. The number of aryl methyl sites for hydroxylation is 3. The molecule has 0 amide bonds. The van der Waals surface area contributed by atoms with Crippen LogP contribution >= 0.6 is 11.8 Å². The lowest BCUT2D eigenvalue weighted by atomic mass is 10.0. The third-order valence-corrected chi connectivity index (χ3v) is 4.10. The largest absolute Gasteiger partial charge is 0.323 e. The molecule has 0 bridgehead atoms. The molecule has 19 heavy (non-hydrogen) atoms. The lowest BCUT2D eigenvalue weighted by molar-refractivity contribution is 0.821. The molecule has 1 atom stereocenters. The Bertz CT molecular complexity index is 546. The maximum Gasteiger partial charge on any atom is 0.0966 e. The van der Waals surface area contributed by atoms with Crippen molar-refractivity contribution in [1.29, 1.82) is 0 Å². The van der Waals surface area contributed by atoms with Gasteiger partial charge in [-0.15, -0.1) is 11.8 Å². The molecule has 0 saturated heterocycles. The topological polar surface area (TPSA) is 38.9 Å². The van der Waals surface area contributed by atoms with Gasteiger partial charge in [0.2, 0.25) is 0 Å². The SMILES string of the molecule is Cc1cc(C)nc(SCC(N)c2ccccc2C)c1. The lowest BCUT2D eigenvalue weighted by Crippen LogP contribution is -2.14. The van der Waals surface area contributed by atoms with Crippen molar-refractivity contribution in [3.8, 4) is 0 Å². The summed E-state index contributed by atoms with van der Waals surface area (Å²) in [6.07, 6.45) is 0. The summed E-state index contributed by atoms with van der Waals surface area (Å²) in [5.41, 5.74) is 11.1. The van der Waals surface area contributed by atoms with Gasteiger partial charge in [-0.25, -0.2) is 4.98 Å². The van der Waals surface area contributed by atoms with Crippen molar-refractivity contribution in [2.24, 2.45) is 5.73 Å². The van der Waals surface area contributed by atoms with Crippen LogP contribution in [0.2, 0.25) is 0 Å². The minimum atomic E-state index is 0.0498. The summed E-state index contributed by atoms with van der Waals surface area (Å²) >= 11 is 1.72. The average Bonchev–Trinajstić information content (AvgIpc) is 2.35. The molecule has 3 heteroatoms. The normalized spacial score (nSPS) is 12.4. The summed E-state index contributed by atoms with van der Waals surface area (Å²) in [6, 6.07) is 12.6. The summed E-state index contributed by atoms with van der Waals surface area (Å²) in [7, 11) is 0. The van der Waals surface area contributed by atoms with Gasteiger partial charge in [0.15, 0.2) is 0 Å².